The first-order valence-electron chi connectivity index (χ1n) is 5.73. The second-order valence-electron chi connectivity index (χ2n) is 5.04. The van der Waals surface area contributed by atoms with Crippen molar-refractivity contribution in [1.29, 1.82) is 0 Å². The number of anilines is 1. The van der Waals surface area contributed by atoms with Crippen molar-refractivity contribution in [2.75, 3.05) is 18.2 Å². The van der Waals surface area contributed by atoms with E-state index in [1.54, 1.807) is 6.92 Å². The smallest absolute Gasteiger partial charge is 0.248 e. The van der Waals surface area contributed by atoms with E-state index in [1.165, 1.54) is 0 Å². The van der Waals surface area contributed by atoms with Gasteiger partial charge in [0.2, 0.25) is 5.91 Å². The first-order valence-corrected chi connectivity index (χ1v) is 5.73. The molecule has 1 aromatic rings. The highest BCUT2D eigenvalue weighted by Crippen LogP contribution is 2.29. The zero-order valence-corrected chi connectivity index (χ0v) is 10.4. The molecule has 0 radical (unpaired) electrons. The molecule has 0 aliphatic carbocycles. The largest absolute Gasteiger partial charge is 0.395 e. The van der Waals surface area contributed by atoms with Crippen molar-refractivity contribution in [3.63, 3.8) is 0 Å². The van der Waals surface area contributed by atoms with Crippen molar-refractivity contribution in [1.82, 2.24) is 5.43 Å². The summed E-state index contributed by atoms with van der Waals surface area (Å²) in [6.07, 6.45) is 0. The Morgan fingerprint density at radius 3 is 2.76 bits per heavy atom. The lowest BCUT2D eigenvalue weighted by atomic mass is 9.92. The molecule has 0 aromatic heterocycles. The summed E-state index contributed by atoms with van der Waals surface area (Å²) in [7, 11) is 0. The Morgan fingerprint density at radius 2 is 2.18 bits per heavy atom. The molecule has 1 amide bonds. The fourth-order valence-corrected chi connectivity index (χ4v) is 2.00. The maximum atomic E-state index is 11.8. The molecule has 2 rings (SSSR count). The average Bonchev–Trinajstić information content (AvgIpc) is 2.59. The number of aliphatic hydroxyl groups excluding tert-OH is 1. The minimum absolute atomic E-state index is 0.124. The van der Waals surface area contributed by atoms with E-state index in [9.17, 15) is 9.90 Å². The predicted molar refractivity (Wildman–Crippen MR) is 66.6 cm³/mol. The Bertz CT molecular complexity index is 459. The molecule has 0 spiro atoms. The first kappa shape index (κ1) is 11.9. The molecule has 1 aliphatic heterocycles. The molecule has 0 saturated carbocycles. The number of aliphatic hydroxyl groups is 1. The highest BCUT2D eigenvalue weighted by Gasteiger charge is 2.42. The number of benzene rings is 1. The van der Waals surface area contributed by atoms with E-state index >= 15 is 0 Å². The molecule has 1 aliphatic rings. The van der Waals surface area contributed by atoms with Gasteiger partial charge in [0, 0.05) is 0 Å². The lowest BCUT2D eigenvalue weighted by molar-refractivity contribution is -0.128. The predicted octanol–water partition coefficient (Wildman–Crippen LogP) is 1.15. The van der Waals surface area contributed by atoms with Crippen molar-refractivity contribution in [3.8, 4) is 0 Å². The van der Waals surface area contributed by atoms with Gasteiger partial charge >= 0.3 is 0 Å². The van der Waals surface area contributed by atoms with Crippen LogP contribution in [0.5, 0.6) is 0 Å². The van der Waals surface area contributed by atoms with E-state index in [4.69, 9.17) is 0 Å². The summed E-state index contributed by atoms with van der Waals surface area (Å²) in [5, 5.41) is 11.1. The number of rotatable bonds is 2. The van der Waals surface area contributed by atoms with Crippen LogP contribution in [-0.2, 0) is 4.79 Å². The van der Waals surface area contributed by atoms with Crippen molar-refractivity contribution in [2.24, 2.45) is 5.41 Å². The van der Waals surface area contributed by atoms with Crippen LogP contribution in [0.3, 0.4) is 0 Å². The van der Waals surface area contributed by atoms with Gasteiger partial charge in [0.25, 0.3) is 0 Å². The fourth-order valence-electron chi connectivity index (χ4n) is 2.00. The Morgan fingerprint density at radius 1 is 1.47 bits per heavy atom. The van der Waals surface area contributed by atoms with E-state index in [2.05, 4.69) is 5.43 Å². The van der Waals surface area contributed by atoms with Gasteiger partial charge in [-0.25, -0.2) is 0 Å². The van der Waals surface area contributed by atoms with Crippen LogP contribution in [0.15, 0.2) is 18.2 Å². The number of hydrazine groups is 1. The number of amides is 1. The van der Waals surface area contributed by atoms with Gasteiger partial charge in [0.05, 0.1) is 24.3 Å². The molecule has 1 unspecified atom stereocenters. The minimum atomic E-state index is -0.712. The molecule has 1 aromatic carbocycles. The SMILES string of the molecule is Cc1ccc(C)c(N2CC(C)(CO)C(=O)N2)c1. The fraction of sp³-hybridized carbons (Fsp3) is 0.462. The monoisotopic (exact) mass is 234 g/mol. The molecule has 4 nitrogen and oxygen atoms in total. The van der Waals surface area contributed by atoms with Crippen LogP contribution >= 0.6 is 0 Å². The molecule has 0 bridgehead atoms. The summed E-state index contributed by atoms with van der Waals surface area (Å²) in [5.41, 5.74) is 5.36. The molecule has 1 saturated heterocycles. The molecule has 2 N–H and O–H groups in total. The highest BCUT2D eigenvalue weighted by molar-refractivity contribution is 5.88. The normalized spacial score (nSPS) is 24.0. The number of carbonyl (C=O) groups excluding carboxylic acids is 1. The number of aryl methyl sites for hydroxylation is 2. The number of hydrogen-bond donors (Lipinski definition) is 2. The van der Waals surface area contributed by atoms with Gasteiger partial charge in [0.1, 0.15) is 0 Å². The molecule has 1 heterocycles. The van der Waals surface area contributed by atoms with Gasteiger partial charge in [-0.3, -0.25) is 15.2 Å². The topological polar surface area (TPSA) is 52.6 Å². The molecule has 92 valence electrons. The van der Waals surface area contributed by atoms with Gasteiger partial charge < -0.3 is 5.11 Å². The summed E-state index contributed by atoms with van der Waals surface area (Å²) in [5.74, 6) is -0.124. The van der Waals surface area contributed by atoms with Crippen LogP contribution in [0.25, 0.3) is 0 Å². The Labute approximate surface area is 101 Å². The van der Waals surface area contributed by atoms with Gasteiger partial charge in [-0.2, -0.15) is 0 Å². The first-order chi connectivity index (χ1) is 7.96. The Kier molecular flexibility index (Phi) is 2.83. The third kappa shape index (κ3) is 2.00. The van der Waals surface area contributed by atoms with Gasteiger partial charge in [-0.1, -0.05) is 12.1 Å². The maximum absolute atomic E-state index is 11.8. The highest BCUT2D eigenvalue weighted by atomic mass is 16.3. The third-order valence-corrected chi connectivity index (χ3v) is 3.30. The number of nitrogens with zero attached hydrogens (tertiary/aromatic N) is 1. The lowest BCUT2D eigenvalue weighted by Crippen LogP contribution is -2.34. The van der Waals surface area contributed by atoms with Crippen molar-refractivity contribution in [3.05, 3.63) is 29.3 Å². The molecule has 4 heteroatoms. The van der Waals surface area contributed by atoms with Crippen molar-refractivity contribution in [2.45, 2.75) is 20.8 Å². The standard InChI is InChI=1S/C13H18N2O2/c1-9-4-5-10(2)11(6-9)15-7-13(3,8-16)12(17)14-15/h4-6,16H,7-8H2,1-3H3,(H,14,17). The van der Waals surface area contributed by atoms with E-state index in [0.29, 0.717) is 6.54 Å². The second kappa shape index (κ2) is 4.04. The minimum Gasteiger partial charge on any atom is -0.395 e. The summed E-state index contributed by atoms with van der Waals surface area (Å²) in [6.45, 7) is 6.15. The van der Waals surface area contributed by atoms with Gasteiger partial charge in [-0.05, 0) is 38.0 Å². The number of nitrogens with one attached hydrogen (secondary N) is 1. The summed E-state index contributed by atoms with van der Waals surface area (Å²) in [4.78, 5) is 11.8. The number of carbonyl (C=O) groups is 1. The summed E-state index contributed by atoms with van der Waals surface area (Å²) < 4.78 is 0. The number of hydrogen-bond acceptors (Lipinski definition) is 3. The van der Waals surface area contributed by atoms with Crippen LogP contribution in [0, 0.1) is 19.3 Å². The van der Waals surface area contributed by atoms with Crippen LogP contribution < -0.4 is 10.4 Å². The van der Waals surface area contributed by atoms with Crippen molar-refractivity contribution >= 4 is 11.6 Å². The Balaban J connectivity index is 2.32. The van der Waals surface area contributed by atoms with Crippen LogP contribution in [-0.4, -0.2) is 24.2 Å². The zero-order chi connectivity index (χ0) is 12.6. The maximum Gasteiger partial charge on any atom is 0.248 e. The van der Waals surface area contributed by atoms with Crippen LogP contribution in [0.2, 0.25) is 0 Å². The van der Waals surface area contributed by atoms with Gasteiger partial charge in [-0.15, -0.1) is 0 Å². The summed E-state index contributed by atoms with van der Waals surface area (Å²) >= 11 is 0. The van der Waals surface area contributed by atoms with E-state index in [0.717, 1.165) is 16.8 Å². The zero-order valence-electron chi connectivity index (χ0n) is 10.4. The van der Waals surface area contributed by atoms with Crippen LogP contribution in [0.1, 0.15) is 18.1 Å². The van der Waals surface area contributed by atoms with E-state index in [1.807, 2.05) is 37.1 Å². The van der Waals surface area contributed by atoms with E-state index in [-0.39, 0.29) is 12.5 Å². The Hall–Kier alpha value is -1.55. The lowest BCUT2D eigenvalue weighted by Gasteiger charge is -2.22. The second-order valence-corrected chi connectivity index (χ2v) is 5.04. The molecule has 1 fully saturated rings. The summed E-state index contributed by atoms with van der Waals surface area (Å²) in [6, 6.07) is 6.12. The molecule has 17 heavy (non-hydrogen) atoms. The average molecular weight is 234 g/mol. The van der Waals surface area contributed by atoms with Gasteiger partial charge in [0.15, 0.2) is 0 Å². The quantitative estimate of drug-likeness (QED) is 0.807. The van der Waals surface area contributed by atoms with Crippen molar-refractivity contribution < 1.29 is 9.90 Å². The third-order valence-electron chi connectivity index (χ3n) is 3.30. The van der Waals surface area contributed by atoms with E-state index < -0.39 is 5.41 Å². The van der Waals surface area contributed by atoms with Crippen LogP contribution in [0.4, 0.5) is 5.69 Å². The molecule has 1 atom stereocenters. The molecular weight excluding hydrogens is 216 g/mol. The molecular formula is C13H18N2O2.